The van der Waals surface area contributed by atoms with E-state index >= 15 is 0 Å². The highest BCUT2D eigenvalue weighted by Gasteiger charge is 2.21. The third-order valence-electron chi connectivity index (χ3n) is 2.91. The third-order valence-corrected chi connectivity index (χ3v) is 4.35. The molecule has 0 heterocycles. The lowest BCUT2D eigenvalue weighted by Gasteiger charge is -2.20. The summed E-state index contributed by atoms with van der Waals surface area (Å²) in [6, 6.07) is 7.01. The van der Waals surface area contributed by atoms with Gasteiger partial charge >= 0.3 is 0 Å². The quantitative estimate of drug-likeness (QED) is 0.645. The first-order chi connectivity index (χ1) is 9.43. The highest BCUT2D eigenvalue weighted by molar-refractivity contribution is 9.10. The Kier molecular flexibility index (Phi) is 5.18. The van der Waals surface area contributed by atoms with Gasteiger partial charge in [0, 0.05) is 15.1 Å². The minimum absolute atomic E-state index is 0.0916. The van der Waals surface area contributed by atoms with Crippen molar-refractivity contribution in [1.82, 2.24) is 5.32 Å². The molecule has 0 amide bonds. The maximum absolute atomic E-state index is 14.1. The largest absolute Gasteiger partial charge is 0.309 e. The molecule has 0 saturated carbocycles. The van der Waals surface area contributed by atoms with Crippen LogP contribution in [0.5, 0.6) is 0 Å². The van der Waals surface area contributed by atoms with Crippen molar-refractivity contribution >= 4 is 43.5 Å². The highest BCUT2D eigenvalue weighted by atomic mass is 79.9. The normalized spacial score (nSPS) is 12.5. The first-order valence-electron chi connectivity index (χ1n) is 5.70. The van der Waals surface area contributed by atoms with Gasteiger partial charge in [-0.05, 0) is 58.9 Å². The first kappa shape index (κ1) is 15.9. The molecule has 0 aliphatic rings. The topological polar surface area (TPSA) is 12.0 Å². The van der Waals surface area contributed by atoms with Crippen LogP contribution in [0.1, 0.15) is 17.2 Å². The molecule has 2 aromatic rings. The fraction of sp³-hybridized carbons (Fsp3) is 0.143. The van der Waals surface area contributed by atoms with E-state index in [-0.39, 0.29) is 10.0 Å². The van der Waals surface area contributed by atoms with E-state index in [0.717, 1.165) is 16.6 Å². The molecule has 1 N–H and O–H groups in total. The Labute approximate surface area is 137 Å². The molecular weight excluding hydrogens is 415 g/mol. The van der Waals surface area contributed by atoms with E-state index in [1.54, 1.807) is 25.2 Å². The summed E-state index contributed by atoms with van der Waals surface area (Å²) < 4.78 is 28.7. The van der Waals surface area contributed by atoms with Crippen molar-refractivity contribution in [3.8, 4) is 0 Å². The molecule has 0 aliphatic heterocycles. The van der Waals surface area contributed by atoms with Crippen LogP contribution in [0.15, 0.2) is 39.3 Å². The second kappa shape index (κ2) is 6.52. The van der Waals surface area contributed by atoms with Crippen LogP contribution in [0.2, 0.25) is 5.02 Å². The lowest BCUT2D eigenvalue weighted by atomic mass is 9.98. The molecule has 1 atom stereocenters. The molecule has 0 spiro atoms. The van der Waals surface area contributed by atoms with Gasteiger partial charge in [0.25, 0.3) is 0 Å². The molecule has 20 heavy (non-hydrogen) atoms. The molecule has 2 rings (SSSR count). The number of benzene rings is 2. The lowest BCUT2D eigenvalue weighted by molar-refractivity contribution is 0.555. The van der Waals surface area contributed by atoms with Gasteiger partial charge in [-0.1, -0.05) is 27.5 Å². The predicted octanol–water partition coefficient (Wildman–Crippen LogP) is 5.45. The van der Waals surface area contributed by atoms with E-state index in [1.165, 1.54) is 0 Å². The van der Waals surface area contributed by atoms with Gasteiger partial charge in [-0.25, -0.2) is 8.78 Å². The van der Waals surface area contributed by atoms with Gasteiger partial charge in [-0.15, -0.1) is 0 Å². The maximum Gasteiger partial charge on any atom is 0.137 e. The highest BCUT2D eigenvalue weighted by Crippen LogP contribution is 2.33. The fourth-order valence-electron chi connectivity index (χ4n) is 1.97. The molecule has 6 heteroatoms. The van der Waals surface area contributed by atoms with Gasteiger partial charge in [0.15, 0.2) is 0 Å². The van der Waals surface area contributed by atoms with Crippen LogP contribution >= 0.6 is 43.5 Å². The van der Waals surface area contributed by atoms with Crippen LogP contribution < -0.4 is 5.32 Å². The van der Waals surface area contributed by atoms with Crippen molar-refractivity contribution in [2.75, 3.05) is 7.05 Å². The Morgan fingerprint density at radius 1 is 1.05 bits per heavy atom. The summed E-state index contributed by atoms with van der Waals surface area (Å²) in [5.41, 5.74) is 0.873. The van der Waals surface area contributed by atoms with Crippen LogP contribution in [-0.2, 0) is 0 Å². The van der Waals surface area contributed by atoms with Crippen LogP contribution in [0.25, 0.3) is 0 Å². The SMILES string of the molecule is CNC(c1cc(F)c(Br)cc1F)c1cc(Br)ccc1Cl. The van der Waals surface area contributed by atoms with Gasteiger partial charge in [-0.3, -0.25) is 0 Å². The van der Waals surface area contributed by atoms with Crippen LogP contribution in [0.3, 0.4) is 0 Å². The van der Waals surface area contributed by atoms with Crippen molar-refractivity contribution in [3.05, 3.63) is 67.1 Å². The number of rotatable bonds is 3. The molecule has 0 saturated heterocycles. The van der Waals surface area contributed by atoms with E-state index in [2.05, 4.69) is 37.2 Å². The van der Waals surface area contributed by atoms with Gasteiger partial charge in [0.1, 0.15) is 11.6 Å². The number of hydrogen-bond donors (Lipinski definition) is 1. The smallest absolute Gasteiger partial charge is 0.137 e. The Balaban J connectivity index is 2.58. The van der Waals surface area contributed by atoms with Crippen molar-refractivity contribution in [1.29, 1.82) is 0 Å². The van der Waals surface area contributed by atoms with E-state index in [1.807, 2.05) is 0 Å². The molecule has 2 aromatic carbocycles. The molecule has 0 bridgehead atoms. The predicted molar refractivity (Wildman–Crippen MR) is 84.1 cm³/mol. The summed E-state index contributed by atoms with van der Waals surface area (Å²) in [4.78, 5) is 0. The summed E-state index contributed by atoms with van der Waals surface area (Å²) >= 11 is 12.5. The number of nitrogens with one attached hydrogen (secondary N) is 1. The summed E-state index contributed by atoms with van der Waals surface area (Å²) in [6.07, 6.45) is 0. The van der Waals surface area contributed by atoms with E-state index in [0.29, 0.717) is 10.6 Å². The molecule has 0 aromatic heterocycles. The summed E-state index contributed by atoms with van der Waals surface area (Å²) in [7, 11) is 1.67. The molecule has 1 nitrogen and oxygen atoms in total. The zero-order valence-corrected chi connectivity index (χ0v) is 14.3. The second-order valence-corrected chi connectivity index (χ2v) is 6.35. The summed E-state index contributed by atoms with van der Waals surface area (Å²) in [5, 5.41) is 3.44. The Hall–Kier alpha value is -0.490. The summed E-state index contributed by atoms with van der Waals surface area (Å²) in [6.45, 7) is 0. The Morgan fingerprint density at radius 3 is 2.40 bits per heavy atom. The van der Waals surface area contributed by atoms with Crippen LogP contribution in [0, 0.1) is 11.6 Å². The maximum atomic E-state index is 14.1. The van der Waals surface area contributed by atoms with Crippen molar-refractivity contribution < 1.29 is 8.78 Å². The number of halogens is 5. The monoisotopic (exact) mass is 423 g/mol. The molecule has 0 fully saturated rings. The van der Waals surface area contributed by atoms with Crippen molar-refractivity contribution in [2.45, 2.75) is 6.04 Å². The van der Waals surface area contributed by atoms with Crippen LogP contribution in [0.4, 0.5) is 8.78 Å². The standard InChI is InChI=1S/C14H10Br2ClF2N/c1-20-14(8-4-7(15)2-3-11(8)17)9-5-13(19)10(16)6-12(9)18/h2-6,14,20H,1H3. The van der Waals surface area contributed by atoms with E-state index in [9.17, 15) is 8.78 Å². The average Bonchev–Trinajstić information content (AvgIpc) is 2.40. The second-order valence-electron chi connectivity index (χ2n) is 4.18. The van der Waals surface area contributed by atoms with E-state index < -0.39 is 17.7 Å². The first-order valence-corrected chi connectivity index (χ1v) is 7.67. The number of hydrogen-bond acceptors (Lipinski definition) is 1. The van der Waals surface area contributed by atoms with Gasteiger partial charge in [0.2, 0.25) is 0 Å². The molecule has 0 radical (unpaired) electrons. The minimum Gasteiger partial charge on any atom is -0.309 e. The van der Waals surface area contributed by atoms with Gasteiger partial charge < -0.3 is 5.32 Å². The molecule has 1 unspecified atom stereocenters. The fourth-order valence-corrected chi connectivity index (χ4v) is 2.89. The van der Waals surface area contributed by atoms with Crippen LogP contribution in [-0.4, -0.2) is 7.05 Å². The molecule has 106 valence electrons. The molecular formula is C14H10Br2ClF2N. The van der Waals surface area contributed by atoms with Crippen molar-refractivity contribution in [2.24, 2.45) is 0 Å². The lowest BCUT2D eigenvalue weighted by Crippen LogP contribution is -2.19. The average molecular weight is 425 g/mol. The zero-order chi connectivity index (χ0) is 14.9. The third kappa shape index (κ3) is 3.22. The van der Waals surface area contributed by atoms with Gasteiger partial charge in [-0.2, -0.15) is 0 Å². The minimum atomic E-state index is -0.539. The van der Waals surface area contributed by atoms with Crippen molar-refractivity contribution in [3.63, 3.8) is 0 Å². The zero-order valence-electron chi connectivity index (χ0n) is 10.4. The Bertz CT molecular complexity index is 649. The van der Waals surface area contributed by atoms with E-state index in [4.69, 9.17) is 11.6 Å². The summed E-state index contributed by atoms with van der Waals surface area (Å²) in [5.74, 6) is -1.03. The Morgan fingerprint density at radius 2 is 1.75 bits per heavy atom. The molecule has 0 aliphatic carbocycles. The van der Waals surface area contributed by atoms with Gasteiger partial charge in [0.05, 0.1) is 10.5 Å².